The standard InChI is InChI=1S/C30H50O8/c1-7-23(20-38-21-37-15-14-35-5)16-22(2)27(31)18-26(36-6)19-28(32)30(3,4)25-12-8-10-24(17-25)11-9-13-29(33)34/h8,10,12,16-17,23,26-28,31-32H,7,9,11,13-15,18-21H2,1-6H3,(H,33,34)/t23-,26-,27+,28+/m1/s1. The first kappa shape index (κ1) is 34.2. The van der Waals surface area contributed by atoms with Crippen LogP contribution < -0.4 is 0 Å². The van der Waals surface area contributed by atoms with E-state index in [1.54, 1.807) is 14.2 Å². The first-order valence-corrected chi connectivity index (χ1v) is 13.6. The Kier molecular flexibility index (Phi) is 16.6. The van der Waals surface area contributed by atoms with Gasteiger partial charge in [0, 0.05) is 44.8 Å². The molecule has 0 aliphatic rings. The Morgan fingerprint density at radius 3 is 2.47 bits per heavy atom. The molecule has 0 amide bonds. The molecule has 8 nitrogen and oxygen atoms in total. The minimum Gasteiger partial charge on any atom is -0.481 e. The Morgan fingerprint density at radius 2 is 1.84 bits per heavy atom. The molecule has 0 aliphatic carbocycles. The van der Waals surface area contributed by atoms with Crippen molar-refractivity contribution in [2.24, 2.45) is 5.92 Å². The van der Waals surface area contributed by atoms with E-state index in [-0.39, 0.29) is 25.2 Å². The van der Waals surface area contributed by atoms with Gasteiger partial charge >= 0.3 is 5.97 Å². The third-order valence-corrected chi connectivity index (χ3v) is 7.14. The zero-order chi connectivity index (χ0) is 28.6. The van der Waals surface area contributed by atoms with Crippen molar-refractivity contribution >= 4 is 5.97 Å². The number of aliphatic hydroxyl groups is 2. The van der Waals surface area contributed by atoms with Gasteiger partial charge in [-0.25, -0.2) is 0 Å². The van der Waals surface area contributed by atoms with Crippen LogP contribution >= 0.6 is 0 Å². The van der Waals surface area contributed by atoms with Crippen LogP contribution in [0.5, 0.6) is 0 Å². The van der Waals surface area contributed by atoms with Crippen molar-refractivity contribution in [3.05, 3.63) is 47.0 Å². The maximum absolute atomic E-state index is 11.2. The second-order valence-corrected chi connectivity index (χ2v) is 10.5. The fourth-order valence-corrected chi connectivity index (χ4v) is 4.26. The zero-order valence-electron chi connectivity index (χ0n) is 24.2. The molecule has 0 fully saturated rings. The van der Waals surface area contributed by atoms with E-state index in [4.69, 9.17) is 24.1 Å². The van der Waals surface area contributed by atoms with E-state index in [9.17, 15) is 15.0 Å². The summed E-state index contributed by atoms with van der Waals surface area (Å²) in [5, 5.41) is 31.0. The van der Waals surface area contributed by atoms with Crippen molar-refractivity contribution in [1.29, 1.82) is 0 Å². The van der Waals surface area contributed by atoms with E-state index >= 15 is 0 Å². The molecule has 0 saturated heterocycles. The number of aliphatic carboxylic acids is 1. The molecule has 1 rings (SSSR count). The van der Waals surface area contributed by atoms with E-state index in [0.717, 1.165) is 23.1 Å². The van der Waals surface area contributed by atoms with Gasteiger partial charge in [0.1, 0.15) is 6.79 Å². The molecule has 0 bridgehead atoms. The van der Waals surface area contributed by atoms with E-state index in [1.165, 1.54) is 0 Å². The molecule has 38 heavy (non-hydrogen) atoms. The summed E-state index contributed by atoms with van der Waals surface area (Å²) in [5.74, 6) is -0.638. The number of hydrogen-bond acceptors (Lipinski definition) is 7. The topological polar surface area (TPSA) is 115 Å². The summed E-state index contributed by atoms with van der Waals surface area (Å²) < 4.78 is 21.5. The second-order valence-electron chi connectivity index (χ2n) is 10.5. The Morgan fingerprint density at radius 1 is 1.11 bits per heavy atom. The number of hydrogen-bond donors (Lipinski definition) is 3. The lowest BCUT2D eigenvalue weighted by atomic mass is 9.76. The first-order valence-electron chi connectivity index (χ1n) is 13.6. The maximum Gasteiger partial charge on any atom is 0.303 e. The average Bonchev–Trinajstić information content (AvgIpc) is 2.89. The summed E-state index contributed by atoms with van der Waals surface area (Å²) in [4.78, 5) is 10.8. The van der Waals surface area contributed by atoms with Gasteiger partial charge in [0.25, 0.3) is 0 Å². The quantitative estimate of drug-likeness (QED) is 0.119. The van der Waals surface area contributed by atoms with Crippen LogP contribution in [0.3, 0.4) is 0 Å². The number of rotatable bonds is 21. The largest absolute Gasteiger partial charge is 0.481 e. The van der Waals surface area contributed by atoms with E-state index in [2.05, 4.69) is 6.92 Å². The summed E-state index contributed by atoms with van der Waals surface area (Å²) in [6.45, 7) is 9.70. The molecule has 0 radical (unpaired) electrons. The first-order chi connectivity index (χ1) is 18.0. The van der Waals surface area contributed by atoms with Crippen LogP contribution in [0.15, 0.2) is 35.9 Å². The molecule has 218 valence electrons. The molecule has 0 spiro atoms. The van der Waals surface area contributed by atoms with Crippen molar-refractivity contribution < 1.29 is 39.1 Å². The number of carbonyl (C=O) groups is 1. The van der Waals surface area contributed by atoms with Gasteiger partial charge in [-0.2, -0.15) is 0 Å². The lowest BCUT2D eigenvalue weighted by molar-refractivity contribution is -0.137. The van der Waals surface area contributed by atoms with Gasteiger partial charge in [0.05, 0.1) is 38.1 Å². The van der Waals surface area contributed by atoms with Crippen LogP contribution in [-0.2, 0) is 35.6 Å². The Labute approximate surface area is 228 Å². The molecule has 1 aromatic carbocycles. The molecule has 8 heteroatoms. The average molecular weight is 539 g/mol. The summed E-state index contributed by atoms with van der Waals surface area (Å²) in [6, 6.07) is 7.97. The number of ether oxygens (including phenoxy) is 4. The molecule has 0 aromatic heterocycles. The Hall–Kier alpha value is -1.81. The van der Waals surface area contributed by atoms with E-state index in [0.29, 0.717) is 45.5 Å². The number of aliphatic hydroxyl groups excluding tert-OH is 2. The number of methoxy groups -OCH3 is 2. The SMILES string of the molecule is CC[C@H](C=C(C)[C@@H](O)C[C@H](C[C@H](O)C(C)(C)c1cccc(CCCC(=O)O)c1)OC)COCOCCOC. The van der Waals surface area contributed by atoms with Crippen molar-refractivity contribution in [1.82, 2.24) is 0 Å². The van der Waals surface area contributed by atoms with Crippen LogP contribution in [0.4, 0.5) is 0 Å². The van der Waals surface area contributed by atoms with E-state index in [1.807, 2.05) is 51.1 Å². The summed E-state index contributed by atoms with van der Waals surface area (Å²) in [6.07, 6.45) is 3.33. The molecule has 1 aromatic rings. The maximum atomic E-state index is 11.2. The van der Waals surface area contributed by atoms with Crippen molar-refractivity contribution in [3.63, 3.8) is 0 Å². The van der Waals surface area contributed by atoms with Crippen LogP contribution in [0.1, 0.15) is 70.9 Å². The lowest BCUT2D eigenvalue weighted by Crippen LogP contribution is -2.38. The van der Waals surface area contributed by atoms with Crippen molar-refractivity contribution in [2.75, 3.05) is 40.8 Å². The lowest BCUT2D eigenvalue weighted by Gasteiger charge is -2.34. The van der Waals surface area contributed by atoms with Gasteiger partial charge in [0.15, 0.2) is 0 Å². The van der Waals surface area contributed by atoms with Crippen LogP contribution in [0.2, 0.25) is 0 Å². The van der Waals surface area contributed by atoms with Crippen molar-refractivity contribution in [2.45, 2.75) is 89.9 Å². The molecule has 0 aliphatic heterocycles. The number of benzene rings is 1. The highest BCUT2D eigenvalue weighted by Gasteiger charge is 2.32. The zero-order valence-corrected chi connectivity index (χ0v) is 24.2. The Balaban J connectivity index is 2.70. The minimum atomic E-state index is -0.795. The third-order valence-electron chi connectivity index (χ3n) is 7.14. The van der Waals surface area contributed by atoms with E-state index < -0.39 is 23.6 Å². The molecule has 3 N–H and O–H groups in total. The fourth-order valence-electron chi connectivity index (χ4n) is 4.26. The molecule has 0 unspecified atom stereocenters. The normalized spacial score (nSPS) is 15.7. The van der Waals surface area contributed by atoms with Crippen LogP contribution in [0.25, 0.3) is 0 Å². The van der Waals surface area contributed by atoms with Crippen LogP contribution in [-0.4, -0.2) is 80.4 Å². The Bertz CT molecular complexity index is 822. The molecule has 4 atom stereocenters. The molecular formula is C30H50O8. The van der Waals surface area contributed by atoms with Gasteiger partial charge < -0.3 is 34.3 Å². The molecule has 0 saturated carbocycles. The van der Waals surface area contributed by atoms with Gasteiger partial charge in [-0.15, -0.1) is 0 Å². The van der Waals surface area contributed by atoms with Crippen LogP contribution in [0, 0.1) is 5.92 Å². The van der Waals surface area contributed by atoms with Gasteiger partial charge in [-0.3, -0.25) is 4.79 Å². The molecular weight excluding hydrogens is 488 g/mol. The molecule has 0 heterocycles. The summed E-state index contributed by atoms with van der Waals surface area (Å²) >= 11 is 0. The highest BCUT2D eigenvalue weighted by atomic mass is 16.7. The number of carboxylic acids is 1. The minimum absolute atomic E-state index is 0.136. The number of carboxylic acid groups (broad SMARTS) is 1. The smallest absolute Gasteiger partial charge is 0.303 e. The van der Waals surface area contributed by atoms with Gasteiger partial charge in [0.2, 0.25) is 0 Å². The summed E-state index contributed by atoms with van der Waals surface area (Å²) in [7, 11) is 3.23. The third kappa shape index (κ3) is 12.8. The predicted molar refractivity (Wildman–Crippen MR) is 148 cm³/mol. The highest BCUT2D eigenvalue weighted by molar-refractivity contribution is 5.66. The predicted octanol–water partition coefficient (Wildman–Crippen LogP) is 4.50. The van der Waals surface area contributed by atoms with Crippen molar-refractivity contribution in [3.8, 4) is 0 Å². The van der Waals surface area contributed by atoms with Gasteiger partial charge in [-0.05, 0) is 42.9 Å². The highest BCUT2D eigenvalue weighted by Crippen LogP contribution is 2.32. The monoisotopic (exact) mass is 538 g/mol. The van der Waals surface area contributed by atoms with Gasteiger partial charge in [-0.1, -0.05) is 51.1 Å². The fraction of sp³-hybridized carbons (Fsp3) is 0.700. The number of aryl methyl sites for hydroxylation is 1. The second kappa shape index (κ2) is 18.5. The summed E-state index contributed by atoms with van der Waals surface area (Å²) in [5.41, 5.74) is 2.34.